The number of unbranched alkanes of at least 4 members (excludes halogenated alkanes) is 1. The maximum absolute atomic E-state index is 5.48. The highest BCUT2D eigenvalue weighted by Gasteiger charge is 2.03. The maximum Gasteiger partial charge on any atom is 0.145 e. The zero-order chi connectivity index (χ0) is 13.9. The van der Waals surface area contributed by atoms with Gasteiger partial charge in [0.2, 0.25) is 0 Å². The second-order valence-corrected chi connectivity index (χ2v) is 4.34. The minimum atomic E-state index is 0.632. The van der Waals surface area contributed by atoms with Crippen LogP contribution in [0.3, 0.4) is 0 Å². The summed E-state index contributed by atoms with van der Waals surface area (Å²) in [4.78, 5) is 8.72. The van der Waals surface area contributed by atoms with E-state index in [1.807, 2.05) is 0 Å². The predicted octanol–water partition coefficient (Wildman–Crippen LogP) is 1.94. The predicted molar refractivity (Wildman–Crippen MR) is 78.1 cm³/mol. The summed E-state index contributed by atoms with van der Waals surface area (Å²) in [5.74, 6) is 7.61. The van der Waals surface area contributed by atoms with Crippen LogP contribution in [0, 0.1) is 0 Å². The number of aryl methyl sites for hydroxylation is 1. The third kappa shape index (κ3) is 6.35. The molecule has 0 saturated heterocycles. The van der Waals surface area contributed by atoms with Gasteiger partial charge in [-0.3, -0.25) is 0 Å². The molecule has 0 spiro atoms. The van der Waals surface area contributed by atoms with Crippen LogP contribution in [-0.2, 0) is 11.2 Å². The van der Waals surface area contributed by atoms with Crippen molar-refractivity contribution in [3.63, 3.8) is 0 Å². The molecule has 0 atom stereocenters. The van der Waals surface area contributed by atoms with Crippen molar-refractivity contribution >= 4 is 11.6 Å². The van der Waals surface area contributed by atoms with Crippen molar-refractivity contribution < 1.29 is 4.74 Å². The number of nitrogen functional groups attached to an aromatic ring is 1. The van der Waals surface area contributed by atoms with E-state index in [-0.39, 0.29) is 0 Å². The fourth-order valence-corrected chi connectivity index (χ4v) is 1.60. The Bertz CT molecular complexity index is 359. The molecule has 0 fully saturated rings. The molecule has 0 unspecified atom stereocenters. The van der Waals surface area contributed by atoms with Crippen molar-refractivity contribution in [2.45, 2.75) is 39.5 Å². The van der Waals surface area contributed by atoms with Gasteiger partial charge in [-0.15, -0.1) is 0 Å². The van der Waals surface area contributed by atoms with Crippen LogP contribution in [0.2, 0.25) is 0 Å². The third-order valence-corrected chi connectivity index (χ3v) is 2.59. The Hall–Kier alpha value is -1.40. The van der Waals surface area contributed by atoms with Crippen LogP contribution in [0.25, 0.3) is 0 Å². The molecule has 0 aromatic carbocycles. The normalized spacial score (nSPS) is 10.5. The van der Waals surface area contributed by atoms with Crippen molar-refractivity contribution in [1.82, 2.24) is 9.97 Å². The van der Waals surface area contributed by atoms with Crippen molar-refractivity contribution in [3.8, 4) is 0 Å². The molecule has 6 nitrogen and oxygen atoms in total. The first-order chi connectivity index (χ1) is 9.30. The van der Waals surface area contributed by atoms with Crippen molar-refractivity contribution in [3.05, 3.63) is 11.9 Å². The van der Waals surface area contributed by atoms with Crippen LogP contribution in [0.4, 0.5) is 11.6 Å². The average molecular weight is 267 g/mol. The Balaban J connectivity index is 2.41. The minimum Gasteiger partial charge on any atom is -0.380 e. The lowest BCUT2D eigenvalue weighted by Crippen LogP contribution is -2.14. The highest BCUT2D eigenvalue weighted by atomic mass is 16.5. The summed E-state index contributed by atoms with van der Waals surface area (Å²) in [5.41, 5.74) is 2.56. The van der Waals surface area contributed by atoms with E-state index in [0.717, 1.165) is 50.5 Å². The van der Waals surface area contributed by atoms with Crippen LogP contribution in [0.1, 0.15) is 38.9 Å². The summed E-state index contributed by atoms with van der Waals surface area (Å²) in [6, 6.07) is 1.80. The number of hydrogen-bond acceptors (Lipinski definition) is 6. The summed E-state index contributed by atoms with van der Waals surface area (Å²) in [7, 11) is 0. The summed E-state index contributed by atoms with van der Waals surface area (Å²) in [6.45, 7) is 6.48. The van der Waals surface area contributed by atoms with Gasteiger partial charge in [0, 0.05) is 25.6 Å². The highest BCUT2D eigenvalue weighted by Crippen LogP contribution is 2.11. The topological polar surface area (TPSA) is 85.1 Å². The molecule has 6 heteroatoms. The van der Waals surface area contributed by atoms with Gasteiger partial charge in [-0.1, -0.05) is 20.3 Å². The molecule has 0 amide bonds. The molecule has 0 saturated carbocycles. The summed E-state index contributed by atoms with van der Waals surface area (Å²) >= 11 is 0. The zero-order valence-electron chi connectivity index (χ0n) is 11.9. The van der Waals surface area contributed by atoms with Crippen molar-refractivity contribution in [1.29, 1.82) is 0 Å². The van der Waals surface area contributed by atoms with Gasteiger partial charge in [-0.05, 0) is 12.8 Å². The number of nitrogens with two attached hydrogens (primary N) is 1. The zero-order valence-corrected chi connectivity index (χ0v) is 11.9. The Labute approximate surface area is 115 Å². The van der Waals surface area contributed by atoms with Crippen LogP contribution >= 0.6 is 0 Å². The summed E-state index contributed by atoms with van der Waals surface area (Å²) in [5, 5.41) is 3.22. The molecule has 0 aliphatic carbocycles. The Morgan fingerprint density at radius 3 is 2.63 bits per heavy atom. The molecule has 0 aliphatic rings. The van der Waals surface area contributed by atoms with Crippen molar-refractivity contribution in [2.75, 3.05) is 30.5 Å². The molecule has 0 radical (unpaired) electrons. The van der Waals surface area contributed by atoms with E-state index >= 15 is 0 Å². The van der Waals surface area contributed by atoms with E-state index in [2.05, 4.69) is 34.6 Å². The first kappa shape index (κ1) is 15.7. The summed E-state index contributed by atoms with van der Waals surface area (Å²) in [6.07, 6.45) is 4.12. The average Bonchev–Trinajstić information content (AvgIpc) is 2.43. The number of aromatic nitrogens is 2. The number of nitrogens with one attached hydrogen (secondary N) is 2. The fraction of sp³-hybridized carbons (Fsp3) is 0.692. The van der Waals surface area contributed by atoms with Crippen LogP contribution < -0.4 is 16.6 Å². The minimum absolute atomic E-state index is 0.632. The summed E-state index contributed by atoms with van der Waals surface area (Å²) < 4.78 is 5.48. The molecule has 0 bridgehead atoms. The molecule has 1 aromatic rings. The van der Waals surface area contributed by atoms with E-state index in [4.69, 9.17) is 10.6 Å². The van der Waals surface area contributed by atoms with Gasteiger partial charge in [-0.25, -0.2) is 15.8 Å². The number of rotatable bonds is 10. The number of anilines is 2. The van der Waals surface area contributed by atoms with E-state index in [0.29, 0.717) is 12.4 Å². The SMILES string of the molecule is CCCCOCCNc1cc(NN)nc(CCC)n1. The van der Waals surface area contributed by atoms with Gasteiger partial charge in [0.25, 0.3) is 0 Å². The number of ether oxygens (including phenoxy) is 1. The van der Waals surface area contributed by atoms with E-state index in [9.17, 15) is 0 Å². The monoisotopic (exact) mass is 267 g/mol. The smallest absolute Gasteiger partial charge is 0.145 e. The van der Waals surface area contributed by atoms with Gasteiger partial charge in [0.15, 0.2) is 0 Å². The number of nitrogens with zero attached hydrogens (tertiary/aromatic N) is 2. The van der Waals surface area contributed by atoms with Gasteiger partial charge in [0.05, 0.1) is 6.61 Å². The van der Waals surface area contributed by atoms with Crippen LogP contribution in [0.15, 0.2) is 6.07 Å². The van der Waals surface area contributed by atoms with Crippen molar-refractivity contribution in [2.24, 2.45) is 5.84 Å². The second-order valence-electron chi connectivity index (χ2n) is 4.34. The van der Waals surface area contributed by atoms with E-state index in [1.54, 1.807) is 6.07 Å². The molecule has 0 aliphatic heterocycles. The third-order valence-electron chi connectivity index (χ3n) is 2.59. The fourth-order valence-electron chi connectivity index (χ4n) is 1.60. The van der Waals surface area contributed by atoms with E-state index in [1.165, 1.54) is 0 Å². The lowest BCUT2D eigenvalue weighted by molar-refractivity contribution is 0.141. The molecule has 1 rings (SSSR count). The second kappa shape index (κ2) is 9.52. The standard InChI is InChI=1S/C13H25N5O/c1-3-5-8-19-9-7-15-12-10-13(18-14)17-11(16-12)6-4-2/h10H,3-9,14H2,1-2H3,(H2,15,16,17,18). The molecule has 1 aromatic heterocycles. The molecule has 4 N–H and O–H groups in total. The molecule has 1 heterocycles. The molecule has 19 heavy (non-hydrogen) atoms. The number of hydrogen-bond donors (Lipinski definition) is 3. The van der Waals surface area contributed by atoms with Gasteiger partial charge < -0.3 is 15.5 Å². The molecule has 108 valence electrons. The quantitative estimate of drug-likeness (QED) is 0.341. The highest BCUT2D eigenvalue weighted by molar-refractivity contribution is 5.46. The maximum atomic E-state index is 5.48. The number of hydrazine groups is 1. The first-order valence-electron chi connectivity index (χ1n) is 6.96. The Morgan fingerprint density at radius 2 is 1.95 bits per heavy atom. The van der Waals surface area contributed by atoms with E-state index < -0.39 is 0 Å². The van der Waals surface area contributed by atoms with Gasteiger partial charge in [-0.2, -0.15) is 0 Å². The first-order valence-corrected chi connectivity index (χ1v) is 6.96. The molecular formula is C13H25N5O. The van der Waals surface area contributed by atoms with Crippen LogP contribution in [0.5, 0.6) is 0 Å². The van der Waals surface area contributed by atoms with Gasteiger partial charge >= 0.3 is 0 Å². The Morgan fingerprint density at radius 1 is 1.16 bits per heavy atom. The lowest BCUT2D eigenvalue weighted by atomic mass is 10.3. The Kier molecular flexibility index (Phi) is 7.84. The lowest BCUT2D eigenvalue weighted by Gasteiger charge is -2.09. The van der Waals surface area contributed by atoms with Crippen LogP contribution in [-0.4, -0.2) is 29.7 Å². The molecular weight excluding hydrogens is 242 g/mol. The largest absolute Gasteiger partial charge is 0.380 e. The van der Waals surface area contributed by atoms with Gasteiger partial charge in [0.1, 0.15) is 17.5 Å².